The lowest BCUT2D eigenvalue weighted by molar-refractivity contribution is 0.206. The number of aryl methyl sites for hydroxylation is 1. The van der Waals surface area contributed by atoms with Crippen LogP contribution in [0.25, 0.3) is 0 Å². The smallest absolute Gasteiger partial charge is 0.154 e. The Kier molecular flexibility index (Phi) is 3.83. The van der Waals surface area contributed by atoms with Gasteiger partial charge in [-0.3, -0.25) is 4.90 Å². The summed E-state index contributed by atoms with van der Waals surface area (Å²) in [5, 5.41) is 4.07. The van der Waals surface area contributed by atoms with Gasteiger partial charge in [0.1, 0.15) is 5.82 Å². The third kappa shape index (κ3) is 2.75. The van der Waals surface area contributed by atoms with Crippen molar-refractivity contribution >= 4 is 0 Å². The number of likely N-dealkylation sites (tertiary alicyclic amines) is 1. The topological polar surface area (TPSA) is 29.3 Å². The number of aromatic nitrogens is 1. The van der Waals surface area contributed by atoms with Crippen LogP contribution in [0.1, 0.15) is 42.8 Å². The Morgan fingerprint density at radius 2 is 2.30 bits per heavy atom. The van der Waals surface area contributed by atoms with Gasteiger partial charge in [0.05, 0.1) is 11.7 Å². The van der Waals surface area contributed by atoms with Crippen molar-refractivity contribution in [2.75, 3.05) is 6.54 Å². The molecule has 1 saturated heterocycles. The average molecular weight is 274 g/mol. The van der Waals surface area contributed by atoms with E-state index < -0.39 is 0 Å². The number of hydrogen-bond acceptors (Lipinski definition) is 3. The van der Waals surface area contributed by atoms with E-state index in [1.807, 2.05) is 6.07 Å². The molecule has 0 radical (unpaired) electrons. The summed E-state index contributed by atoms with van der Waals surface area (Å²) >= 11 is 0. The SMILES string of the molecule is CCc1cc([C@@H]2CCCN2Cc2cccc(F)c2)on1. The molecule has 2 heterocycles. The van der Waals surface area contributed by atoms with E-state index in [-0.39, 0.29) is 11.9 Å². The van der Waals surface area contributed by atoms with Crippen LogP contribution in [-0.4, -0.2) is 16.6 Å². The Morgan fingerprint density at radius 1 is 1.40 bits per heavy atom. The normalized spacial score (nSPS) is 19.6. The van der Waals surface area contributed by atoms with Crippen LogP contribution in [0.15, 0.2) is 34.9 Å². The van der Waals surface area contributed by atoms with E-state index in [0.29, 0.717) is 0 Å². The van der Waals surface area contributed by atoms with E-state index in [2.05, 4.69) is 23.0 Å². The maximum Gasteiger partial charge on any atom is 0.154 e. The first-order valence-corrected chi connectivity index (χ1v) is 7.20. The Hall–Kier alpha value is -1.68. The molecule has 1 aromatic carbocycles. The molecule has 0 spiro atoms. The molecule has 2 aromatic rings. The van der Waals surface area contributed by atoms with Gasteiger partial charge in [0.25, 0.3) is 0 Å². The van der Waals surface area contributed by atoms with Crippen molar-refractivity contribution in [2.45, 2.75) is 38.8 Å². The molecule has 3 nitrogen and oxygen atoms in total. The lowest BCUT2D eigenvalue weighted by Crippen LogP contribution is -2.22. The predicted octanol–water partition coefficient (Wildman–Crippen LogP) is 3.71. The first-order valence-electron chi connectivity index (χ1n) is 7.20. The van der Waals surface area contributed by atoms with E-state index in [0.717, 1.165) is 49.4 Å². The summed E-state index contributed by atoms with van der Waals surface area (Å²) in [4.78, 5) is 2.34. The Morgan fingerprint density at radius 3 is 3.05 bits per heavy atom. The van der Waals surface area contributed by atoms with Gasteiger partial charge in [-0.1, -0.05) is 24.2 Å². The van der Waals surface area contributed by atoms with Crippen molar-refractivity contribution < 1.29 is 8.91 Å². The molecule has 0 saturated carbocycles. The summed E-state index contributed by atoms with van der Waals surface area (Å²) in [6.45, 7) is 3.84. The van der Waals surface area contributed by atoms with E-state index in [4.69, 9.17) is 4.52 Å². The van der Waals surface area contributed by atoms with Gasteiger partial charge >= 0.3 is 0 Å². The molecule has 0 amide bonds. The standard InChI is InChI=1S/C16H19FN2O/c1-2-14-10-16(20-18-14)15-7-4-8-19(15)11-12-5-3-6-13(17)9-12/h3,5-6,9-10,15H,2,4,7-8,11H2,1H3/t15-/m0/s1. The highest BCUT2D eigenvalue weighted by Gasteiger charge is 2.29. The molecule has 1 aliphatic rings. The Bertz CT molecular complexity index is 581. The predicted molar refractivity (Wildman–Crippen MR) is 74.7 cm³/mol. The van der Waals surface area contributed by atoms with Crippen LogP contribution in [0.2, 0.25) is 0 Å². The third-order valence-electron chi connectivity index (χ3n) is 3.91. The molecular formula is C16H19FN2O. The van der Waals surface area contributed by atoms with Gasteiger partial charge in [-0.25, -0.2) is 4.39 Å². The molecule has 1 atom stereocenters. The minimum Gasteiger partial charge on any atom is -0.359 e. The highest BCUT2D eigenvalue weighted by molar-refractivity contribution is 5.17. The van der Waals surface area contributed by atoms with Crippen LogP contribution in [0.4, 0.5) is 4.39 Å². The molecule has 20 heavy (non-hydrogen) atoms. The monoisotopic (exact) mass is 274 g/mol. The second-order valence-electron chi connectivity index (χ2n) is 5.33. The molecule has 0 bridgehead atoms. The second kappa shape index (κ2) is 5.75. The van der Waals surface area contributed by atoms with Gasteiger partial charge in [-0.2, -0.15) is 0 Å². The van der Waals surface area contributed by atoms with Gasteiger partial charge in [0.2, 0.25) is 0 Å². The summed E-state index contributed by atoms with van der Waals surface area (Å²) in [5.41, 5.74) is 2.00. The first kappa shape index (κ1) is 13.3. The van der Waals surface area contributed by atoms with Crippen molar-refractivity contribution in [1.82, 2.24) is 10.1 Å². The van der Waals surface area contributed by atoms with Gasteiger partial charge in [0, 0.05) is 12.6 Å². The van der Waals surface area contributed by atoms with E-state index in [1.165, 1.54) is 6.07 Å². The molecule has 0 aliphatic carbocycles. The van der Waals surface area contributed by atoms with Crippen molar-refractivity contribution in [3.63, 3.8) is 0 Å². The molecule has 0 unspecified atom stereocenters. The minimum absolute atomic E-state index is 0.175. The van der Waals surface area contributed by atoms with Crippen LogP contribution >= 0.6 is 0 Å². The number of rotatable bonds is 4. The van der Waals surface area contributed by atoms with Crippen LogP contribution in [0.5, 0.6) is 0 Å². The van der Waals surface area contributed by atoms with Crippen LogP contribution in [-0.2, 0) is 13.0 Å². The van der Waals surface area contributed by atoms with Crippen molar-refractivity contribution in [2.24, 2.45) is 0 Å². The Balaban J connectivity index is 1.75. The van der Waals surface area contributed by atoms with Crippen molar-refractivity contribution in [3.05, 3.63) is 53.2 Å². The maximum absolute atomic E-state index is 13.3. The van der Waals surface area contributed by atoms with Crippen molar-refractivity contribution in [1.29, 1.82) is 0 Å². The quantitative estimate of drug-likeness (QED) is 0.851. The van der Waals surface area contributed by atoms with Crippen LogP contribution in [0, 0.1) is 5.82 Å². The zero-order valence-electron chi connectivity index (χ0n) is 11.7. The fraction of sp³-hybridized carbons (Fsp3) is 0.438. The number of halogens is 1. The average Bonchev–Trinajstić information content (AvgIpc) is 3.06. The summed E-state index contributed by atoms with van der Waals surface area (Å²) in [6.07, 6.45) is 3.11. The molecule has 0 N–H and O–H groups in total. The van der Waals surface area contributed by atoms with Gasteiger partial charge < -0.3 is 4.52 Å². The Labute approximate surface area is 118 Å². The fourth-order valence-corrected chi connectivity index (χ4v) is 2.86. The van der Waals surface area contributed by atoms with Gasteiger partial charge in [-0.15, -0.1) is 0 Å². The molecule has 4 heteroatoms. The van der Waals surface area contributed by atoms with Gasteiger partial charge in [0.15, 0.2) is 5.76 Å². The van der Waals surface area contributed by atoms with Crippen LogP contribution < -0.4 is 0 Å². The fourth-order valence-electron chi connectivity index (χ4n) is 2.86. The zero-order chi connectivity index (χ0) is 13.9. The third-order valence-corrected chi connectivity index (χ3v) is 3.91. The number of hydrogen-bond donors (Lipinski definition) is 0. The van der Waals surface area contributed by atoms with E-state index >= 15 is 0 Å². The van der Waals surface area contributed by atoms with E-state index in [1.54, 1.807) is 12.1 Å². The maximum atomic E-state index is 13.3. The second-order valence-corrected chi connectivity index (χ2v) is 5.33. The van der Waals surface area contributed by atoms with Crippen molar-refractivity contribution in [3.8, 4) is 0 Å². The molecular weight excluding hydrogens is 255 g/mol. The molecule has 1 aliphatic heterocycles. The minimum atomic E-state index is -0.175. The number of benzene rings is 1. The zero-order valence-corrected chi connectivity index (χ0v) is 11.7. The molecule has 1 fully saturated rings. The highest BCUT2D eigenvalue weighted by Crippen LogP contribution is 2.33. The lowest BCUT2D eigenvalue weighted by Gasteiger charge is -2.22. The summed E-state index contributed by atoms with van der Waals surface area (Å²) < 4.78 is 18.7. The lowest BCUT2D eigenvalue weighted by atomic mass is 10.1. The molecule has 3 rings (SSSR count). The molecule has 106 valence electrons. The first-order chi connectivity index (χ1) is 9.76. The summed E-state index contributed by atoms with van der Waals surface area (Å²) in [7, 11) is 0. The molecule has 1 aromatic heterocycles. The summed E-state index contributed by atoms with van der Waals surface area (Å²) in [6, 6.07) is 9.14. The number of nitrogens with zero attached hydrogens (tertiary/aromatic N) is 2. The van der Waals surface area contributed by atoms with Crippen LogP contribution in [0.3, 0.4) is 0 Å². The highest BCUT2D eigenvalue weighted by atomic mass is 19.1. The largest absolute Gasteiger partial charge is 0.359 e. The summed E-state index contributed by atoms with van der Waals surface area (Å²) in [5.74, 6) is 0.766. The van der Waals surface area contributed by atoms with E-state index in [9.17, 15) is 4.39 Å². The van der Waals surface area contributed by atoms with Gasteiger partial charge in [-0.05, 0) is 43.5 Å².